The van der Waals surface area contributed by atoms with E-state index in [2.05, 4.69) is 4.98 Å². The molecular formula is C12H14ClN3O. The predicted octanol–water partition coefficient (Wildman–Crippen LogP) is 2.81. The third-order valence-electron chi connectivity index (χ3n) is 2.50. The van der Waals surface area contributed by atoms with Crippen LogP contribution in [0.5, 0.6) is 11.8 Å². The zero-order valence-corrected chi connectivity index (χ0v) is 10.3. The van der Waals surface area contributed by atoms with Crippen molar-refractivity contribution in [3.8, 4) is 11.8 Å². The molecule has 0 saturated heterocycles. The standard InChI is InChI=1S/C12H14ClN3O/c1-2-16-7-6-15-12(16)17-11-5-3-4-10(13)9(11)8-14/h3-7H,2,8,14H2,1H3. The van der Waals surface area contributed by atoms with Crippen LogP contribution < -0.4 is 10.5 Å². The molecule has 0 radical (unpaired) electrons. The van der Waals surface area contributed by atoms with E-state index in [0.717, 1.165) is 12.1 Å². The zero-order valence-electron chi connectivity index (χ0n) is 9.56. The summed E-state index contributed by atoms with van der Waals surface area (Å²) in [5.41, 5.74) is 6.45. The number of nitrogens with zero attached hydrogens (tertiary/aromatic N) is 2. The van der Waals surface area contributed by atoms with E-state index < -0.39 is 0 Å². The molecule has 0 amide bonds. The first-order valence-electron chi connectivity index (χ1n) is 5.42. The Kier molecular flexibility index (Phi) is 3.66. The first kappa shape index (κ1) is 12.0. The normalized spacial score (nSPS) is 10.5. The fourth-order valence-corrected chi connectivity index (χ4v) is 1.82. The quantitative estimate of drug-likeness (QED) is 0.909. The molecule has 0 aliphatic rings. The number of halogens is 1. The number of imidazole rings is 1. The Morgan fingerprint density at radius 3 is 3.00 bits per heavy atom. The molecule has 0 unspecified atom stereocenters. The summed E-state index contributed by atoms with van der Waals surface area (Å²) in [4.78, 5) is 4.14. The molecule has 90 valence electrons. The van der Waals surface area contributed by atoms with Gasteiger partial charge < -0.3 is 15.0 Å². The maximum atomic E-state index is 6.06. The molecule has 1 heterocycles. The molecule has 4 nitrogen and oxygen atoms in total. The summed E-state index contributed by atoms with van der Waals surface area (Å²) in [5, 5.41) is 0.611. The third kappa shape index (κ3) is 2.43. The number of aromatic nitrogens is 2. The molecule has 0 aliphatic heterocycles. The van der Waals surface area contributed by atoms with E-state index in [0.29, 0.717) is 23.3 Å². The highest BCUT2D eigenvalue weighted by atomic mass is 35.5. The smallest absolute Gasteiger partial charge is 0.301 e. The molecule has 0 atom stereocenters. The van der Waals surface area contributed by atoms with Gasteiger partial charge in [0.15, 0.2) is 0 Å². The topological polar surface area (TPSA) is 53.1 Å². The van der Waals surface area contributed by atoms with Crippen molar-refractivity contribution in [2.75, 3.05) is 0 Å². The summed E-state index contributed by atoms with van der Waals surface area (Å²) in [6.07, 6.45) is 3.56. The van der Waals surface area contributed by atoms with Crippen molar-refractivity contribution < 1.29 is 4.74 Å². The van der Waals surface area contributed by atoms with Gasteiger partial charge in [-0.05, 0) is 19.1 Å². The SMILES string of the molecule is CCn1ccnc1Oc1cccc(Cl)c1CN. The second-order valence-corrected chi connectivity index (χ2v) is 3.93. The van der Waals surface area contributed by atoms with Crippen LogP contribution in [0.25, 0.3) is 0 Å². The molecular weight excluding hydrogens is 238 g/mol. The molecule has 0 spiro atoms. The van der Waals surface area contributed by atoms with E-state index in [9.17, 15) is 0 Å². The minimum Gasteiger partial charge on any atom is -0.425 e. The summed E-state index contributed by atoms with van der Waals surface area (Å²) in [6.45, 7) is 3.16. The van der Waals surface area contributed by atoms with Crippen LogP contribution in [0.3, 0.4) is 0 Å². The Labute approximate surface area is 105 Å². The van der Waals surface area contributed by atoms with E-state index in [-0.39, 0.29) is 0 Å². The lowest BCUT2D eigenvalue weighted by molar-refractivity contribution is 0.411. The van der Waals surface area contributed by atoms with Crippen molar-refractivity contribution >= 4 is 11.6 Å². The van der Waals surface area contributed by atoms with Crippen molar-refractivity contribution in [2.24, 2.45) is 5.73 Å². The first-order chi connectivity index (χ1) is 8.26. The first-order valence-corrected chi connectivity index (χ1v) is 5.80. The summed E-state index contributed by atoms with van der Waals surface area (Å²) < 4.78 is 7.63. The van der Waals surface area contributed by atoms with E-state index in [1.54, 1.807) is 12.3 Å². The number of benzene rings is 1. The van der Waals surface area contributed by atoms with Gasteiger partial charge in [-0.15, -0.1) is 0 Å². The van der Waals surface area contributed by atoms with Crippen LogP contribution in [0.1, 0.15) is 12.5 Å². The van der Waals surface area contributed by atoms with Gasteiger partial charge in [0.05, 0.1) is 0 Å². The summed E-state index contributed by atoms with van der Waals surface area (Å²) in [7, 11) is 0. The van der Waals surface area contributed by atoms with Crippen molar-refractivity contribution in [1.82, 2.24) is 9.55 Å². The van der Waals surface area contributed by atoms with Crippen molar-refractivity contribution in [1.29, 1.82) is 0 Å². The lowest BCUT2D eigenvalue weighted by Crippen LogP contribution is -2.03. The van der Waals surface area contributed by atoms with Gasteiger partial charge >= 0.3 is 6.01 Å². The number of hydrogen-bond acceptors (Lipinski definition) is 3. The van der Waals surface area contributed by atoms with Gasteiger partial charge in [-0.2, -0.15) is 0 Å². The number of ether oxygens (including phenoxy) is 1. The van der Waals surface area contributed by atoms with E-state index in [1.165, 1.54) is 0 Å². The second kappa shape index (κ2) is 5.21. The molecule has 2 rings (SSSR count). The third-order valence-corrected chi connectivity index (χ3v) is 2.85. The fourth-order valence-electron chi connectivity index (χ4n) is 1.57. The molecule has 17 heavy (non-hydrogen) atoms. The molecule has 1 aromatic heterocycles. The molecule has 1 aromatic carbocycles. The summed E-state index contributed by atoms with van der Waals surface area (Å²) in [5.74, 6) is 0.654. The number of hydrogen-bond donors (Lipinski definition) is 1. The Hall–Kier alpha value is -1.52. The molecule has 0 aliphatic carbocycles. The molecule has 2 aromatic rings. The van der Waals surface area contributed by atoms with Gasteiger partial charge in [0.25, 0.3) is 0 Å². The van der Waals surface area contributed by atoms with E-state index >= 15 is 0 Å². The average Bonchev–Trinajstić information content (AvgIpc) is 2.77. The predicted molar refractivity (Wildman–Crippen MR) is 67.3 cm³/mol. The van der Waals surface area contributed by atoms with Crippen LogP contribution in [-0.2, 0) is 13.1 Å². The van der Waals surface area contributed by atoms with Gasteiger partial charge in [0, 0.05) is 36.1 Å². The minimum atomic E-state index is 0.335. The largest absolute Gasteiger partial charge is 0.425 e. The number of rotatable bonds is 4. The molecule has 2 N–H and O–H groups in total. The molecule has 5 heteroatoms. The van der Waals surface area contributed by atoms with Crippen molar-refractivity contribution in [3.63, 3.8) is 0 Å². The van der Waals surface area contributed by atoms with Crippen molar-refractivity contribution in [2.45, 2.75) is 20.0 Å². The van der Waals surface area contributed by atoms with E-state index in [1.807, 2.05) is 29.8 Å². The molecule has 0 saturated carbocycles. The zero-order chi connectivity index (χ0) is 12.3. The van der Waals surface area contributed by atoms with Gasteiger partial charge in [0.1, 0.15) is 5.75 Å². The van der Waals surface area contributed by atoms with Gasteiger partial charge in [-0.25, -0.2) is 4.98 Å². The Morgan fingerprint density at radius 2 is 2.29 bits per heavy atom. The minimum absolute atomic E-state index is 0.335. The van der Waals surface area contributed by atoms with Crippen LogP contribution in [0.4, 0.5) is 0 Å². The van der Waals surface area contributed by atoms with Gasteiger partial charge in [-0.1, -0.05) is 17.7 Å². The van der Waals surface area contributed by atoms with Gasteiger partial charge in [0.2, 0.25) is 0 Å². The maximum Gasteiger partial charge on any atom is 0.301 e. The molecule has 0 fully saturated rings. The summed E-state index contributed by atoms with van der Waals surface area (Å²) in [6, 6.07) is 6.01. The monoisotopic (exact) mass is 251 g/mol. The average molecular weight is 252 g/mol. The maximum absolute atomic E-state index is 6.06. The van der Waals surface area contributed by atoms with Crippen LogP contribution in [0.2, 0.25) is 5.02 Å². The Morgan fingerprint density at radius 1 is 1.47 bits per heavy atom. The second-order valence-electron chi connectivity index (χ2n) is 3.52. The highest BCUT2D eigenvalue weighted by molar-refractivity contribution is 6.31. The van der Waals surface area contributed by atoms with Crippen LogP contribution in [0.15, 0.2) is 30.6 Å². The summed E-state index contributed by atoms with van der Waals surface area (Å²) >= 11 is 6.06. The van der Waals surface area contributed by atoms with E-state index in [4.69, 9.17) is 22.1 Å². The Balaban J connectivity index is 2.33. The van der Waals surface area contributed by atoms with Crippen LogP contribution in [0, 0.1) is 0 Å². The highest BCUT2D eigenvalue weighted by Gasteiger charge is 2.10. The van der Waals surface area contributed by atoms with Crippen LogP contribution in [-0.4, -0.2) is 9.55 Å². The van der Waals surface area contributed by atoms with Crippen molar-refractivity contribution in [3.05, 3.63) is 41.2 Å². The highest BCUT2D eigenvalue weighted by Crippen LogP contribution is 2.29. The van der Waals surface area contributed by atoms with Gasteiger partial charge in [-0.3, -0.25) is 0 Å². The number of nitrogens with two attached hydrogens (primary N) is 1. The lowest BCUT2D eigenvalue weighted by atomic mass is 10.2. The lowest BCUT2D eigenvalue weighted by Gasteiger charge is -2.11. The fraction of sp³-hybridized carbons (Fsp3) is 0.250. The Bertz CT molecular complexity index is 510. The number of aryl methyl sites for hydroxylation is 1. The molecule has 0 bridgehead atoms. The van der Waals surface area contributed by atoms with Crippen LogP contribution >= 0.6 is 11.6 Å².